The van der Waals surface area contributed by atoms with Crippen LogP contribution in [0.15, 0.2) is 24.6 Å². The zero-order valence-corrected chi connectivity index (χ0v) is 9.32. The lowest BCUT2D eigenvalue weighted by molar-refractivity contribution is 0.497. The fourth-order valence-electron chi connectivity index (χ4n) is 1.96. The molecule has 0 aromatic carbocycles. The molecule has 0 radical (unpaired) electrons. The molecule has 1 aliphatic rings. The fourth-order valence-corrected chi connectivity index (χ4v) is 4.74. The Morgan fingerprint density at radius 1 is 1.08 bits per heavy atom. The van der Waals surface area contributed by atoms with Crippen LogP contribution in [0.25, 0.3) is 0 Å². The molecule has 0 N–H and O–H groups in total. The van der Waals surface area contributed by atoms with E-state index in [0.29, 0.717) is 5.54 Å². The van der Waals surface area contributed by atoms with Crippen LogP contribution in [0.5, 0.6) is 0 Å². The third-order valence-electron chi connectivity index (χ3n) is 2.86. The highest BCUT2D eigenvalue weighted by Gasteiger charge is 2.34. The third kappa shape index (κ3) is 2.02. The SMILES string of the molecule is C=C[Si](Cl)(C=C)C1CCCCC1. The summed E-state index contributed by atoms with van der Waals surface area (Å²) in [5, 5.41) is 0. The Kier molecular flexibility index (Phi) is 3.60. The molecule has 0 unspecified atom stereocenters. The number of hydrogen-bond donors (Lipinski definition) is 0. The molecule has 1 fully saturated rings. The first kappa shape index (κ1) is 10.1. The number of halogens is 1. The van der Waals surface area contributed by atoms with Gasteiger partial charge in [0.15, 0.2) is 0 Å². The van der Waals surface area contributed by atoms with E-state index in [9.17, 15) is 0 Å². The molecule has 0 nitrogen and oxygen atoms in total. The van der Waals surface area contributed by atoms with Crippen molar-refractivity contribution in [2.24, 2.45) is 0 Å². The zero-order chi connectivity index (χ0) is 9.03. The molecule has 0 aromatic rings. The highest BCUT2D eigenvalue weighted by atomic mass is 35.6. The summed E-state index contributed by atoms with van der Waals surface area (Å²) in [4.78, 5) is 0. The third-order valence-corrected chi connectivity index (χ3v) is 7.79. The average Bonchev–Trinajstić information content (AvgIpc) is 2.18. The van der Waals surface area contributed by atoms with Crippen molar-refractivity contribution >= 4 is 18.5 Å². The summed E-state index contributed by atoms with van der Waals surface area (Å²) in [5.74, 6) is 0. The maximum Gasteiger partial charge on any atom is 0.205 e. The first-order valence-electron chi connectivity index (χ1n) is 4.69. The second-order valence-corrected chi connectivity index (χ2v) is 8.82. The van der Waals surface area contributed by atoms with Crippen molar-refractivity contribution in [1.29, 1.82) is 0 Å². The molecule has 0 aromatic heterocycles. The van der Waals surface area contributed by atoms with Gasteiger partial charge in [0.05, 0.1) is 0 Å². The Morgan fingerprint density at radius 2 is 1.58 bits per heavy atom. The topological polar surface area (TPSA) is 0 Å². The van der Waals surface area contributed by atoms with Crippen molar-refractivity contribution in [1.82, 2.24) is 0 Å². The van der Waals surface area contributed by atoms with E-state index in [1.165, 1.54) is 32.1 Å². The summed E-state index contributed by atoms with van der Waals surface area (Å²) in [6, 6.07) is 0. The van der Waals surface area contributed by atoms with Gasteiger partial charge in [-0.3, -0.25) is 0 Å². The summed E-state index contributed by atoms with van der Waals surface area (Å²) >= 11 is 6.49. The molecular weight excluding hydrogens is 184 g/mol. The van der Waals surface area contributed by atoms with Crippen LogP contribution in [0.1, 0.15) is 32.1 Å². The molecule has 1 saturated carbocycles. The maximum atomic E-state index is 6.49. The van der Waals surface area contributed by atoms with Crippen molar-refractivity contribution < 1.29 is 0 Å². The second kappa shape index (κ2) is 4.29. The molecule has 0 amide bonds. The van der Waals surface area contributed by atoms with E-state index >= 15 is 0 Å². The van der Waals surface area contributed by atoms with E-state index in [4.69, 9.17) is 11.1 Å². The van der Waals surface area contributed by atoms with Gasteiger partial charge in [-0.15, -0.1) is 13.2 Å². The highest BCUT2D eigenvalue weighted by molar-refractivity contribution is 7.26. The van der Waals surface area contributed by atoms with Gasteiger partial charge in [-0.25, -0.2) is 0 Å². The molecule has 2 heteroatoms. The molecule has 12 heavy (non-hydrogen) atoms. The molecule has 1 rings (SSSR count). The normalized spacial score (nSPS) is 20.4. The van der Waals surface area contributed by atoms with Gasteiger partial charge >= 0.3 is 0 Å². The quantitative estimate of drug-likeness (QED) is 0.478. The fraction of sp³-hybridized carbons (Fsp3) is 0.600. The molecule has 0 spiro atoms. The van der Waals surface area contributed by atoms with E-state index in [0.717, 1.165) is 0 Å². The van der Waals surface area contributed by atoms with Crippen molar-refractivity contribution in [3.63, 3.8) is 0 Å². The predicted octanol–water partition coefficient (Wildman–Crippen LogP) is 3.96. The molecule has 0 atom stereocenters. The lowest BCUT2D eigenvalue weighted by atomic mass is 10.0. The van der Waals surface area contributed by atoms with Crippen LogP contribution in [-0.2, 0) is 0 Å². The van der Waals surface area contributed by atoms with Gasteiger partial charge in [-0.05, 0) is 5.54 Å². The van der Waals surface area contributed by atoms with Crippen LogP contribution in [0.2, 0.25) is 5.54 Å². The summed E-state index contributed by atoms with van der Waals surface area (Å²) in [6.45, 7) is 7.67. The Balaban J connectivity index is 2.63. The molecule has 0 aliphatic heterocycles. The first-order chi connectivity index (χ1) is 5.73. The van der Waals surface area contributed by atoms with Crippen LogP contribution in [-0.4, -0.2) is 7.38 Å². The molecule has 68 valence electrons. The standard InChI is InChI=1S/C10H17ClSi/c1-3-12(11,4-2)10-8-6-5-7-9-10/h3-4,10H,1-2,5-9H2. The van der Waals surface area contributed by atoms with Crippen molar-refractivity contribution in [2.45, 2.75) is 37.6 Å². The van der Waals surface area contributed by atoms with Crippen molar-refractivity contribution in [2.75, 3.05) is 0 Å². The Labute approximate surface area is 81.0 Å². The van der Waals surface area contributed by atoms with E-state index in [-0.39, 0.29) is 0 Å². The van der Waals surface area contributed by atoms with Crippen LogP contribution in [0.3, 0.4) is 0 Å². The number of hydrogen-bond acceptors (Lipinski definition) is 0. The van der Waals surface area contributed by atoms with Crippen molar-refractivity contribution in [3.05, 3.63) is 24.6 Å². The van der Waals surface area contributed by atoms with Gasteiger partial charge in [0.2, 0.25) is 7.38 Å². The Hall–Kier alpha value is -0.0131. The van der Waals surface area contributed by atoms with Gasteiger partial charge in [0.25, 0.3) is 0 Å². The second-order valence-electron chi connectivity index (χ2n) is 3.57. The highest BCUT2D eigenvalue weighted by Crippen LogP contribution is 2.39. The Bertz CT molecular complexity index is 163. The summed E-state index contributed by atoms with van der Waals surface area (Å²) in [6.07, 6.45) is 6.63. The lowest BCUT2D eigenvalue weighted by Gasteiger charge is -2.30. The van der Waals surface area contributed by atoms with Gasteiger partial charge in [0.1, 0.15) is 0 Å². The lowest BCUT2D eigenvalue weighted by Crippen LogP contribution is -2.30. The van der Waals surface area contributed by atoms with Crippen LogP contribution in [0.4, 0.5) is 0 Å². The van der Waals surface area contributed by atoms with Crippen LogP contribution in [0, 0.1) is 0 Å². The summed E-state index contributed by atoms with van der Waals surface area (Å²) < 4.78 is 0. The predicted molar refractivity (Wildman–Crippen MR) is 58.8 cm³/mol. The van der Waals surface area contributed by atoms with E-state index in [1.54, 1.807) is 0 Å². The number of rotatable bonds is 3. The molecular formula is C10H17ClSi. The van der Waals surface area contributed by atoms with Crippen LogP contribution < -0.4 is 0 Å². The minimum atomic E-state index is -1.80. The van der Waals surface area contributed by atoms with E-state index < -0.39 is 7.38 Å². The van der Waals surface area contributed by atoms with E-state index in [1.807, 2.05) is 11.4 Å². The van der Waals surface area contributed by atoms with Gasteiger partial charge in [-0.1, -0.05) is 43.5 Å². The minimum absolute atomic E-state index is 0.697. The van der Waals surface area contributed by atoms with Gasteiger partial charge < -0.3 is 0 Å². The minimum Gasteiger partial charge on any atom is -0.156 e. The molecule has 0 bridgehead atoms. The summed E-state index contributed by atoms with van der Waals surface area (Å²) in [7, 11) is -1.80. The largest absolute Gasteiger partial charge is 0.205 e. The molecule has 0 heterocycles. The molecule has 1 aliphatic carbocycles. The molecule has 0 saturated heterocycles. The first-order valence-corrected chi connectivity index (χ1v) is 7.93. The smallest absolute Gasteiger partial charge is 0.156 e. The van der Waals surface area contributed by atoms with Crippen molar-refractivity contribution in [3.8, 4) is 0 Å². The monoisotopic (exact) mass is 200 g/mol. The Morgan fingerprint density at radius 3 is 2.00 bits per heavy atom. The van der Waals surface area contributed by atoms with Crippen LogP contribution >= 0.6 is 11.1 Å². The van der Waals surface area contributed by atoms with Gasteiger partial charge in [0, 0.05) is 0 Å². The average molecular weight is 201 g/mol. The van der Waals surface area contributed by atoms with Gasteiger partial charge in [-0.2, -0.15) is 11.1 Å². The van der Waals surface area contributed by atoms with E-state index in [2.05, 4.69) is 13.2 Å². The zero-order valence-electron chi connectivity index (χ0n) is 7.56. The summed E-state index contributed by atoms with van der Waals surface area (Å²) in [5.41, 5.74) is 4.64. The maximum absolute atomic E-state index is 6.49.